The summed E-state index contributed by atoms with van der Waals surface area (Å²) in [6, 6.07) is 17.6. The molecule has 1 fully saturated rings. The van der Waals surface area contributed by atoms with Crippen molar-refractivity contribution in [3.05, 3.63) is 71.0 Å². The third-order valence-corrected chi connectivity index (χ3v) is 6.64. The fourth-order valence-corrected chi connectivity index (χ4v) is 5.01. The molecule has 1 aliphatic carbocycles. The fourth-order valence-electron chi connectivity index (χ4n) is 5.01. The summed E-state index contributed by atoms with van der Waals surface area (Å²) in [4.78, 5) is 2.52. The van der Waals surface area contributed by atoms with E-state index in [-0.39, 0.29) is 6.04 Å². The summed E-state index contributed by atoms with van der Waals surface area (Å²) < 4.78 is 7.51. The molecule has 0 N–H and O–H groups in total. The second-order valence-electron chi connectivity index (χ2n) is 8.44. The van der Waals surface area contributed by atoms with E-state index in [0.29, 0.717) is 6.04 Å². The lowest BCUT2D eigenvalue weighted by molar-refractivity contribution is 0.187. The van der Waals surface area contributed by atoms with Gasteiger partial charge in [0.2, 0.25) is 0 Å². The fraction of sp³-hybridized carbons (Fsp3) is 0.458. The van der Waals surface area contributed by atoms with Crippen LogP contribution in [0.3, 0.4) is 0 Å². The van der Waals surface area contributed by atoms with Gasteiger partial charge < -0.3 is 4.74 Å². The molecule has 2 aliphatic rings. The van der Waals surface area contributed by atoms with Gasteiger partial charge in [0.05, 0.1) is 19.2 Å². The number of ether oxygens (including phenoxy) is 1. The lowest BCUT2D eigenvalue weighted by Gasteiger charge is -2.36. The van der Waals surface area contributed by atoms with Crippen LogP contribution in [0.15, 0.2) is 48.5 Å². The second-order valence-corrected chi connectivity index (χ2v) is 8.44. The minimum absolute atomic E-state index is 0.0289. The molecular formula is C24H29N5O. The van der Waals surface area contributed by atoms with Crippen LogP contribution in [0.1, 0.15) is 66.7 Å². The van der Waals surface area contributed by atoms with Gasteiger partial charge in [-0.3, -0.25) is 4.90 Å². The number of nitrogens with zero attached hydrogens (tertiary/aromatic N) is 5. The van der Waals surface area contributed by atoms with Gasteiger partial charge in [-0.1, -0.05) is 55.7 Å². The van der Waals surface area contributed by atoms with Crippen LogP contribution in [0.5, 0.6) is 5.75 Å². The lowest BCUT2D eigenvalue weighted by atomic mass is 9.94. The van der Waals surface area contributed by atoms with Crippen molar-refractivity contribution >= 4 is 0 Å². The molecule has 0 unspecified atom stereocenters. The average molecular weight is 404 g/mol. The highest BCUT2D eigenvalue weighted by Gasteiger charge is 2.32. The van der Waals surface area contributed by atoms with Gasteiger partial charge in [-0.25, -0.2) is 4.68 Å². The summed E-state index contributed by atoms with van der Waals surface area (Å²) >= 11 is 0. The van der Waals surface area contributed by atoms with E-state index in [0.717, 1.165) is 43.9 Å². The van der Waals surface area contributed by atoms with Crippen molar-refractivity contribution in [1.29, 1.82) is 0 Å². The van der Waals surface area contributed by atoms with Crippen LogP contribution in [-0.2, 0) is 13.0 Å². The maximum absolute atomic E-state index is 5.39. The van der Waals surface area contributed by atoms with E-state index >= 15 is 0 Å². The van der Waals surface area contributed by atoms with Crippen molar-refractivity contribution < 1.29 is 4.74 Å². The van der Waals surface area contributed by atoms with Gasteiger partial charge in [-0.15, -0.1) is 5.10 Å². The van der Waals surface area contributed by atoms with Crippen LogP contribution in [0, 0.1) is 0 Å². The molecule has 6 heteroatoms. The molecule has 6 nitrogen and oxygen atoms in total. The van der Waals surface area contributed by atoms with E-state index in [4.69, 9.17) is 4.74 Å². The zero-order chi connectivity index (χ0) is 20.3. The first-order chi connectivity index (χ1) is 14.8. The highest BCUT2D eigenvalue weighted by molar-refractivity contribution is 5.34. The largest absolute Gasteiger partial charge is 0.497 e. The van der Waals surface area contributed by atoms with Gasteiger partial charge in [0.15, 0.2) is 5.82 Å². The Morgan fingerprint density at radius 2 is 1.73 bits per heavy atom. The van der Waals surface area contributed by atoms with Gasteiger partial charge in [0.25, 0.3) is 0 Å². The second kappa shape index (κ2) is 8.56. The van der Waals surface area contributed by atoms with Crippen LogP contribution in [-0.4, -0.2) is 38.8 Å². The molecule has 3 aromatic rings. The van der Waals surface area contributed by atoms with E-state index < -0.39 is 0 Å². The van der Waals surface area contributed by atoms with Gasteiger partial charge in [0.1, 0.15) is 5.75 Å². The van der Waals surface area contributed by atoms with E-state index in [2.05, 4.69) is 61.5 Å². The normalized spacial score (nSPS) is 18.7. The topological polar surface area (TPSA) is 56.1 Å². The summed E-state index contributed by atoms with van der Waals surface area (Å²) in [5.74, 6) is 1.83. The van der Waals surface area contributed by atoms with Crippen molar-refractivity contribution in [3.63, 3.8) is 0 Å². The first-order valence-corrected chi connectivity index (χ1v) is 11.1. The Morgan fingerprint density at radius 3 is 2.50 bits per heavy atom. The molecule has 1 atom stereocenters. The van der Waals surface area contributed by atoms with E-state index in [9.17, 15) is 0 Å². The van der Waals surface area contributed by atoms with Crippen molar-refractivity contribution in [2.24, 2.45) is 0 Å². The molecule has 0 saturated heterocycles. The monoisotopic (exact) mass is 403 g/mol. The molecule has 2 aromatic carbocycles. The Hall–Kier alpha value is -2.73. The molecule has 1 aromatic heterocycles. The molecule has 0 amide bonds. The lowest BCUT2D eigenvalue weighted by Crippen LogP contribution is -2.36. The molecule has 156 valence electrons. The van der Waals surface area contributed by atoms with Crippen molar-refractivity contribution in [1.82, 2.24) is 25.1 Å². The van der Waals surface area contributed by atoms with Gasteiger partial charge in [-0.05, 0) is 58.5 Å². The molecule has 30 heavy (non-hydrogen) atoms. The zero-order valence-electron chi connectivity index (χ0n) is 17.6. The summed E-state index contributed by atoms with van der Waals surface area (Å²) in [5, 5.41) is 13.2. The van der Waals surface area contributed by atoms with Crippen LogP contribution >= 0.6 is 0 Å². The van der Waals surface area contributed by atoms with Gasteiger partial charge in [0, 0.05) is 13.1 Å². The van der Waals surface area contributed by atoms with Gasteiger partial charge >= 0.3 is 0 Å². The van der Waals surface area contributed by atoms with Crippen LogP contribution in [0.4, 0.5) is 0 Å². The van der Waals surface area contributed by atoms with Crippen molar-refractivity contribution in [2.45, 2.75) is 57.2 Å². The first-order valence-electron chi connectivity index (χ1n) is 11.1. The number of hydrogen-bond donors (Lipinski definition) is 0. The highest BCUT2D eigenvalue weighted by atomic mass is 16.5. The quantitative estimate of drug-likeness (QED) is 0.634. The Kier molecular flexibility index (Phi) is 5.49. The number of tetrazole rings is 1. The Bertz CT molecular complexity index is 977. The van der Waals surface area contributed by atoms with Crippen LogP contribution in [0.2, 0.25) is 0 Å². The summed E-state index contributed by atoms with van der Waals surface area (Å²) in [6.45, 7) is 1.90. The Labute approximate surface area is 177 Å². The van der Waals surface area contributed by atoms with E-state index in [1.807, 2.05) is 12.1 Å². The Morgan fingerprint density at radius 1 is 0.967 bits per heavy atom. The molecule has 2 heterocycles. The summed E-state index contributed by atoms with van der Waals surface area (Å²) in [6.07, 6.45) is 7.21. The molecule has 0 spiro atoms. The smallest absolute Gasteiger partial charge is 0.173 e. The minimum atomic E-state index is 0.0289. The van der Waals surface area contributed by atoms with E-state index in [1.165, 1.54) is 36.0 Å². The SMILES string of the molecule is COc1ccc([C@H](c2nnnn2C2CCCCC2)N2CCc3ccccc3C2)cc1. The first kappa shape index (κ1) is 19.2. The van der Waals surface area contributed by atoms with Crippen LogP contribution in [0.25, 0.3) is 0 Å². The third-order valence-electron chi connectivity index (χ3n) is 6.64. The predicted octanol–water partition coefficient (Wildman–Crippen LogP) is 4.33. The highest BCUT2D eigenvalue weighted by Crippen LogP contribution is 2.36. The summed E-state index contributed by atoms with van der Waals surface area (Å²) in [5.41, 5.74) is 4.06. The van der Waals surface area contributed by atoms with Crippen LogP contribution < -0.4 is 4.74 Å². The molecule has 1 saturated carbocycles. The number of methoxy groups -OCH3 is 1. The zero-order valence-corrected chi connectivity index (χ0v) is 17.6. The Balaban J connectivity index is 1.53. The van der Waals surface area contributed by atoms with Crippen molar-refractivity contribution in [3.8, 4) is 5.75 Å². The average Bonchev–Trinajstić information content (AvgIpc) is 3.29. The standard InChI is InChI=1S/C24H29N5O/c1-30-22-13-11-19(12-14-22)23(28-16-15-18-7-5-6-8-20(18)17-28)24-25-26-27-29(24)21-9-3-2-4-10-21/h5-8,11-14,21,23H,2-4,9-10,15-17H2,1H3/t23-/m1/s1. The molecule has 0 radical (unpaired) electrons. The number of rotatable bonds is 5. The minimum Gasteiger partial charge on any atom is -0.497 e. The molecular weight excluding hydrogens is 374 g/mol. The van der Waals surface area contributed by atoms with Gasteiger partial charge in [-0.2, -0.15) is 0 Å². The molecule has 1 aliphatic heterocycles. The third kappa shape index (κ3) is 3.72. The maximum atomic E-state index is 5.39. The number of aromatic nitrogens is 4. The maximum Gasteiger partial charge on any atom is 0.173 e. The predicted molar refractivity (Wildman–Crippen MR) is 115 cm³/mol. The summed E-state index contributed by atoms with van der Waals surface area (Å²) in [7, 11) is 1.71. The molecule has 5 rings (SSSR count). The van der Waals surface area contributed by atoms with E-state index in [1.54, 1.807) is 7.11 Å². The number of fused-ring (bicyclic) bond motifs is 1. The molecule has 0 bridgehead atoms. The number of hydrogen-bond acceptors (Lipinski definition) is 5. The number of benzene rings is 2. The van der Waals surface area contributed by atoms with Crippen molar-refractivity contribution in [2.75, 3.05) is 13.7 Å².